The van der Waals surface area contributed by atoms with Crippen molar-refractivity contribution in [2.45, 2.75) is 51.7 Å². The van der Waals surface area contributed by atoms with Crippen LogP contribution in [-0.2, 0) is 28.9 Å². The first-order valence-corrected chi connectivity index (χ1v) is 14.4. The van der Waals surface area contributed by atoms with Crippen molar-refractivity contribution in [2.24, 2.45) is 10.9 Å². The highest BCUT2D eigenvalue weighted by Gasteiger charge is 2.28. The van der Waals surface area contributed by atoms with E-state index >= 15 is 0 Å². The number of piperidine rings is 1. The molecule has 0 radical (unpaired) electrons. The molecular formula is C31H33ClFN5O4. The number of amides is 1. The number of aliphatic imine (C=N–C) groups is 1. The Morgan fingerprint density at radius 3 is 2.62 bits per heavy atom. The third kappa shape index (κ3) is 6.77. The number of carboxylic acid groups (broad SMARTS) is 1. The molecule has 3 aromatic rings. The predicted octanol–water partition coefficient (Wildman–Crippen LogP) is 5.20. The first-order chi connectivity index (χ1) is 20.2. The molecule has 1 atom stereocenters. The fraction of sp³-hybridized carbons (Fsp3) is 0.387. The van der Waals surface area contributed by atoms with Crippen molar-refractivity contribution in [3.05, 3.63) is 88.4 Å². The number of carbonyl (C=O) groups is 2. The van der Waals surface area contributed by atoms with Gasteiger partial charge >= 0.3 is 5.97 Å². The van der Waals surface area contributed by atoms with Crippen molar-refractivity contribution in [2.75, 3.05) is 19.7 Å². The molecule has 0 unspecified atom stereocenters. The summed E-state index contributed by atoms with van der Waals surface area (Å²) in [6, 6.07) is 9.78. The van der Waals surface area contributed by atoms with Crippen molar-refractivity contribution in [3.8, 4) is 0 Å². The van der Waals surface area contributed by atoms with Gasteiger partial charge in [0.15, 0.2) is 5.82 Å². The molecule has 11 heteroatoms. The lowest BCUT2D eigenvalue weighted by molar-refractivity contribution is -0.129. The molecule has 42 heavy (non-hydrogen) atoms. The highest BCUT2D eigenvalue weighted by Crippen LogP contribution is 2.29. The maximum absolute atomic E-state index is 14.3. The van der Waals surface area contributed by atoms with Crippen molar-refractivity contribution >= 4 is 35.0 Å². The van der Waals surface area contributed by atoms with Crippen LogP contribution in [0.3, 0.4) is 0 Å². The number of aliphatic carboxylic acids is 1. The van der Waals surface area contributed by atoms with E-state index in [9.17, 15) is 19.1 Å². The summed E-state index contributed by atoms with van der Waals surface area (Å²) in [6.07, 6.45) is 4.72. The monoisotopic (exact) mass is 593 g/mol. The van der Waals surface area contributed by atoms with Gasteiger partial charge in [0.1, 0.15) is 23.0 Å². The smallest absolute Gasteiger partial charge is 0.354 e. The van der Waals surface area contributed by atoms with Gasteiger partial charge in [-0.15, -0.1) is 0 Å². The van der Waals surface area contributed by atoms with Crippen molar-refractivity contribution in [1.82, 2.24) is 19.4 Å². The Morgan fingerprint density at radius 2 is 1.98 bits per heavy atom. The van der Waals surface area contributed by atoms with E-state index in [1.165, 1.54) is 12.1 Å². The predicted molar refractivity (Wildman–Crippen MR) is 157 cm³/mol. The number of imidazole rings is 1. The first kappa shape index (κ1) is 29.6. The molecule has 2 saturated heterocycles. The SMILES string of the molecule is C=CC(=Nc1c(C)nc(CC2CCN(C(=O)c3cccc(Cc4ccc(Cl)cc4F)n3)CC2)n1C[C@@H]1CCO1)C(=O)O. The van der Waals surface area contributed by atoms with E-state index in [1.807, 2.05) is 16.4 Å². The molecule has 0 aliphatic carbocycles. The molecule has 5 rings (SSSR count). The highest BCUT2D eigenvalue weighted by atomic mass is 35.5. The number of hydrogen-bond donors (Lipinski definition) is 1. The Morgan fingerprint density at radius 1 is 1.21 bits per heavy atom. The fourth-order valence-corrected chi connectivity index (χ4v) is 5.51. The Hall–Kier alpha value is -3.89. The third-order valence-corrected chi connectivity index (χ3v) is 8.03. The minimum Gasteiger partial charge on any atom is -0.477 e. The Labute approximate surface area is 248 Å². The average Bonchev–Trinajstić information content (AvgIpc) is 3.23. The van der Waals surface area contributed by atoms with E-state index in [2.05, 4.69) is 16.6 Å². The lowest BCUT2D eigenvalue weighted by Gasteiger charge is -2.32. The van der Waals surface area contributed by atoms with Crippen LogP contribution in [0.2, 0.25) is 5.02 Å². The van der Waals surface area contributed by atoms with Gasteiger partial charge in [0.2, 0.25) is 0 Å². The van der Waals surface area contributed by atoms with Gasteiger partial charge in [0, 0.05) is 43.3 Å². The minimum absolute atomic E-state index is 0.0437. The number of aryl methyl sites for hydroxylation is 1. The number of pyridine rings is 1. The zero-order valence-corrected chi connectivity index (χ0v) is 24.2. The molecule has 2 aromatic heterocycles. The molecule has 1 N–H and O–H groups in total. The summed E-state index contributed by atoms with van der Waals surface area (Å²) in [5.74, 6) is -0.0549. The lowest BCUT2D eigenvalue weighted by atomic mass is 9.93. The molecular weight excluding hydrogens is 561 g/mol. The summed E-state index contributed by atoms with van der Waals surface area (Å²) in [6.45, 7) is 7.83. The highest BCUT2D eigenvalue weighted by molar-refractivity contribution is 6.40. The van der Waals surface area contributed by atoms with E-state index in [1.54, 1.807) is 30.3 Å². The summed E-state index contributed by atoms with van der Waals surface area (Å²) in [5.41, 5.74) is 1.93. The van der Waals surface area contributed by atoms with Crippen LogP contribution in [0.15, 0.2) is 54.0 Å². The summed E-state index contributed by atoms with van der Waals surface area (Å²) >= 11 is 5.86. The van der Waals surface area contributed by atoms with E-state index in [0.29, 0.717) is 72.1 Å². The normalized spacial score (nSPS) is 17.6. The summed E-state index contributed by atoms with van der Waals surface area (Å²) in [5, 5.41) is 9.80. The number of benzene rings is 1. The fourth-order valence-electron chi connectivity index (χ4n) is 5.36. The van der Waals surface area contributed by atoms with Crippen LogP contribution in [-0.4, -0.2) is 67.9 Å². The topological polar surface area (TPSA) is 110 Å². The van der Waals surface area contributed by atoms with E-state index in [4.69, 9.17) is 21.3 Å². The maximum atomic E-state index is 14.3. The van der Waals surface area contributed by atoms with Crippen LogP contribution < -0.4 is 0 Å². The van der Waals surface area contributed by atoms with Crippen LogP contribution >= 0.6 is 11.6 Å². The second kappa shape index (κ2) is 13.0. The molecule has 0 bridgehead atoms. The number of rotatable bonds is 10. The first-order valence-electron chi connectivity index (χ1n) is 14.0. The number of ether oxygens (including phenoxy) is 1. The Bertz CT molecular complexity index is 1530. The molecule has 2 fully saturated rings. The van der Waals surface area contributed by atoms with Crippen LogP contribution in [0.1, 0.15) is 52.5 Å². The van der Waals surface area contributed by atoms with Crippen LogP contribution in [0.4, 0.5) is 10.2 Å². The molecule has 4 heterocycles. The number of nitrogens with zero attached hydrogens (tertiary/aromatic N) is 5. The van der Waals surface area contributed by atoms with Crippen molar-refractivity contribution in [3.63, 3.8) is 0 Å². The summed E-state index contributed by atoms with van der Waals surface area (Å²) in [4.78, 5) is 40.3. The molecule has 1 aromatic carbocycles. The molecule has 1 amide bonds. The molecule has 2 aliphatic rings. The van der Waals surface area contributed by atoms with Crippen molar-refractivity contribution < 1.29 is 23.8 Å². The van der Waals surface area contributed by atoms with Crippen LogP contribution in [0, 0.1) is 18.7 Å². The second-order valence-corrected chi connectivity index (χ2v) is 11.1. The average molecular weight is 594 g/mol. The van der Waals surface area contributed by atoms with Gasteiger partial charge in [-0.25, -0.2) is 24.1 Å². The van der Waals surface area contributed by atoms with Gasteiger partial charge in [-0.3, -0.25) is 4.79 Å². The number of carboxylic acids is 1. The van der Waals surface area contributed by atoms with Gasteiger partial charge in [-0.05, 0) is 68.0 Å². The summed E-state index contributed by atoms with van der Waals surface area (Å²) < 4.78 is 21.9. The van der Waals surface area contributed by atoms with Crippen molar-refractivity contribution in [1.29, 1.82) is 0 Å². The van der Waals surface area contributed by atoms with E-state index in [0.717, 1.165) is 25.1 Å². The third-order valence-electron chi connectivity index (χ3n) is 7.79. The Kier molecular flexibility index (Phi) is 9.13. The molecule has 220 valence electrons. The quantitative estimate of drug-likeness (QED) is 0.324. The van der Waals surface area contributed by atoms with E-state index in [-0.39, 0.29) is 24.1 Å². The van der Waals surface area contributed by atoms with Gasteiger partial charge in [-0.2, -0.15) is 0 Å². The van der Waals surface area contributed by atoms with Gasteiger partial charge < -0.3 is 19.3 Å². The molecule has 9 nitrogen and oxygen atoms in total. The number of carbonyl (C=O) groups excluding carboxylic acids is 1. The number of likely N-dealkylation sites (tertiary alicyclic amines) is 1. The van der Waals surface area contributed by atoms with Gasteiger partial charge in [0.25, 0.3) is 5.91 Å². The minimum atomic E-state index is -1.15. The Balaban J connectivity index is 1.25. The number of aromatic nitrogens is 3. The van der Waals surface area contributed by atoms with E-state index < -0.39 is 11.8 Å². The van der Waals surface area contributed by atoms with Crippen LogP contribution in [0.25, 0.3) is 0 Å². The van der Waals surface area contributed by atoms with Gasteiger partial charge in [0.05, 0.1) is 18.3 Å². The second-order valence-electron chi connectivity index (χ2n) is 10.7. The molecule has 2 aliphatic heterocycles. The standard InChI is InChI=1S/C31H33ClFN5O4/c1-3-26(31(40)41)36-29-19(2)34-28(38(29)18-24-11-14-42-24)15-20-9-12-37(13-10-20)30(39)27-6-4-5-23(35-27)16-21-7-8-22(32)17-25(21)33/h3-8,17,20,24H,1,9-16,18H2,2H3,(H,40,41)/t24-/m0/s1. The van der Waals surface area contributed by atoms with Crippen LogP contribution in [0.5, 0.6) is 0 Å². The number of hydrogen-bond acceptors (Lipinski definition) is 6. The summed E-state index contributed by atoms with van der Waals surface area (Å²) in [7, 11) is 0. The van der Waals surface area contributed by atoms with Gasteiger partial charge in [-0.1, -0.05) is 30.3 Å². The molecule has 0 spiro atoms. The zero-order chi connectivity index (χ0) is 29.8. The lowest BCUT2D eigenvalue weighted by Crippen LogP contribution is -2.39. The zero-order valence-electron chi connectivity index (χ0n) is 23.4. The maximum Gasteiger partial charge on any atom is 0.354 e. The number of halogens is 2. The largest absolute Gasteiger partial charge is 0.477 e. The molecule has 0 saturated carbocycles.